The molecule has 0 bridgehead atoms. The topological polar surface area (TPSA) is 20.2 Å². The number of hydrogen-bond donors (Lipinski definition) is 1. The Morgan fingerprint density at radius 1 is 1.09 bits per heavy atom. The van der Waals surface area contributed by atoms with Crippen molar-refractivity contribution < 1.29 is 5.11 Å². The molecule has 124 valence electrons. The second kappa shape index (κ2) is 5.46. The third-order valence-electron chi connectivity index (χ3n) is 5.80. The summed E-state index contributed by atoms with van der Waals surface area (Å²) in [6.45, 7) is 14.2. The molecule has 1 nitrogen and oxygen atoms in total. The number of aliphatic hydroxyl groups excluding tert-OH is 1. The van der Waals surface area contributed by atoms with Gasteiger partial charge in [-0.05, 0) is 55.2 Å². The number of benzene rings is 1. The van der Waals surface area contributed by atoms with Gasteiger partial charge in [0.15, 0.2) is 0 Å². The Balaban J connectivity index is 2.22. The molecule has 3 rings (SSSR count). The van der Waals surface area contributed by atoms with E-state index in [1.807, 2.05) is 0 Å². The van der Waals surface area contributed by atoms with Crippen LogP contribution in [0.15, 0.2) is 40.6 Å². The third kappa shape index (κ3) is 2.87. The summed E-state index contributed by atoms with van der Waals surface area (Å²) in [5.41, 5.74) is 7.28. The fourth-order valence-electron chi connectivity index (χ4n) is 4.59. The van der Waals surface area contributed by atoms with Gasteiger partial charge < -0.3 is 5.11 Å². The van der Waals surface area contributed by atoms with Crippen LogP contribution in [-0.4, -0.2) is 19.3 Å². The average Bonchev–Trinajstić information content (AvgIpc) is 2.74. The van der Waals surface area contributed by atoms with Crippen LogP contribution in [0.3, 0.4) is 0 Å². The van der Waals surface area contributed by atoms with E-state index in [1.165, 1.54) is 27.8 Å². The number of allylic oxidation sites excluding steroid dienone is 3. The summed E-state index contributed by atoms with van der Waals surface area (Å²) in [5.74, 6) is 0. The fraction of sp³-hybridized carbons (Fsp3) is 0.524. The molecule has 0 radical (unpaired) electrons. The quantitative estimate of drug-likeness (QED) is 0.711. The minimum Gasteiger partial charge on any atom is -0.393 e. The Bertz CT molecular complexity index is 688. The molecular formula is C21H30OSi. The van der Waals surface area contributed by atoms with Gasteiger partial charge in [0.05, 0.1) is 14.2 Å². The monoisotopic (exact) mass is 326 g/mol. The number of fused-ring (bicyclic) bond motifs is 1. The van der Waals surface area contributed by atoms with Gasteiger partial charge in [-0.1, -0.05) is 67.2 Å². The van der Waals surface area contributed by atoms with Crippen molar-refractivity contribution in [3.8, 4) is 0 Å². The molecule has 0 amide bonds. The highest BCUT2D eigenvalue weighted by Crippen LogP contribution is 2.56. The van der Waals surface area contributed by atoms with Crippen LogP contribution in [0.5, 0.6) is 0 Å². The molecule has 2 heteroatoms. The van der Waals surface area contributed by atoms with E-state index < -0.39 is 8.07 Å². The van der Waals surface area contributed by atoms with Crippen LogP contribution in [0.25, 0.3) is 5.57 Å². The zero-order valence-electron chi connectivity index (χ0n) is 15.5. The Hall–Kier alpha value is -1.12. The van der Waals surface area contributed by atoms with Gasteiger partial charge in [-0.2, -0.15) is 0 Å². The number of aryl methyl sites for hydroxylation is 1. The second-order valence-electron chi connectivity index (χ2n) is 8.87. The lowest BCUT2D eigenvalue weighted by Crippen LogP contribution is -2.33. The number of rotatable bonds is 2. The normalized spacial score (nSPS) is 28.4. The molecule has 1 saturated carbocycles. The van der Waals surface area contributed by atoms with Gasteiger partial charge in [0.2, 0.25) is 0 Å². The maximum atomic E-state index is 10.3. The van der Waals surface area contributed by atoms with Gasteiger partial charge in [-0.25, -0.2) is 0 Å². The molecule has 23 heavy (non-hydrogen) atoms. The Morgan fingerprint density at radius 3 is 2.26 bits per heavy atom. The van der Waals surface area contributed by atoms with Crippen molar-refractivity contribution in [3.63, 3.8) is 0 Å². The molecule has 2 aliphatic rings. The lowest BCUT2D eigenvalue weighted by atomic mass is 9.72. The van der Waals surface area contributed by atoms with E-state index in [0.29, 0.717) is 0 Å². The van der Waals surface area contributed by atoms with Crippen molar-refractivity contribution in [2.75, 3.05) is 0 Å². The summed E-state index contributed by atoms with van der Waals surface area (Å²) in [7, 11) is -1.42. The van der Waals surface area contributed by atoms with Crippen molar-refractivity contribution >= 4 is 13.6 Å². The number of hydrogen-bond acceptors (Lipinski definition) is 1. The molecule has 2 atom stereocenters. The molecule has 0 saturated heterocycles. The molecule has 1 N–H and O–H groups in total. The highest BCUT2D eigenvalue weighted by molar-refractivity contribution is 6.84. The van der Waals surface area contributed by atoms with E-state index in [4.69, 9.17) is 0 Å². The molecule has 0 unspecified atom stereocenters. The highest BCUT2D eigenvalue weighted by Gasteiger charge is 2.45. The summed E-state index contributed by atoms with van der Waals surface area (Å²) >= 11 is 0. The first-order valence-electron chi connectivity index (χ1n) is 8.81. The summed E-state index contributed by atoms with van der Waals surface area (Å²) in [6, 6.07) is 9.00. The van der Waals surface area contributed by atoms with Gasteiger partial charge in [-0.3, -0.25) is 0 Å². The molecule has 0 aromatic heterocycles. The van der Waals surface area contributed by atoms with E-state index >= 15 is 0 Å². The van der Waals surface area contributed by atoms with Crippen LogP contribution in [0.4, 0.5) is 0 Å². The Labute approximate surface area is 142 Å². The fourth-order valence-corrected chi connectivity index (χ4v) is 6.59. The van der Waals surface area contributed by atoms with Crippen LogP contribution in [0.1, 0.15) is 44.2 Å². The van der Waals surface area contributed by atoms with Gasteiger partial charge in [0.1, 0.15) is 0 Å². The second-order valence-corrected chi connectivity index (χ2v) is 14.0. The molecule has 1 fully saturated rings. The van der Waals surface area contributed by atoms with Gasteiger partial charge in [0, 0.05) is 0 Å². The lowest BCUT2D eigenvalue weighted by molar-refractivity contribution is 0.164. The first kappa shape index (κ1) is 16.7. The summed E-state index contributed by atoms with van der Waals surface area (Å²) in [6.07, 6.45) is 2.76. The van der Waals surface area contributed by atoms with E-state index in [2.05, 4.69) is 64.7 Å². The lowest BCUT2D eigenvalue weighted by Gasteiger charge is -2.40. The highest BCUT2D eigenvalue weighted by atomic mass is 28.3. The standard InChI is InChI=1S/C21H30OSi/c1-14-7-9-16(10-8-14)20-15(2)18-11-17(22)12-21(18,3)13-19(20)23(4,5)6/h7-10,17,22H,11-13H2,1-6H3/t17-,21+/m0/s1. The summed E-state index contributed by atoms with van der Waals surface area (Å²) < 4.78 is 0. The molecule has 2 aliphatic carbocycles. The maximum Gasteiger partial charge on any atom is 0.0733 e. The summed E-state index contributed by atoms with van der Waals surface area (Å²) in [4.78, 5) is 0. The first-order chi connectivity index (χ1) is 10.6. The minimum absolute atomic E-state index is 0.162. The van der Waals surface area contributed by atoms with Gasteiger partial charge in [-0.15, -0.1) is 0 Å². The van der Waals surface area contributed by atoms with Crippen molar-refractivity contribution in [1.29, 1.82) is 0 Å². The molecule has 1 aromatic carbocycles. The zero-order valence-corrected chi connectivity index (χ0v) is 16.5. The van der Waals surface area contributed by atoms with Gasteiger partial charge >= 0.3 is 0 Å². The van der Waals surface area contributed by atoms with Crippen LogP contribution in [-0.2, 0) is 0 Å². The zero-order chi connectivity index (χ0) is 17.0. The van der Waals surface area contributed by atoms with Crippen molar-refractivity contribution in [2.24, 2.45) is 5.41 Å². The predicted octanol–water partition coefficient (Wildman–Crippen LogP) is 5.51. The van der Waals surface area contributed by atoms with E-state index in [-0.39, 0.29) is 11.5 Å². The van der Waals surface area contributed by atoms with Crippen LogP contribution >= 0.6 is 0 Å². The summed E-state index contributed by atoms with van der Waals surface area (Å²) in [5, 5.41) is 12.0. The molecule has 0 heterocycles. The molecular weight excluding hydrogens is 296 g/mol. The predicted molar refractivity (Wildman–Crippen MR) is 102 cm³/mol. The van der Waals surface area contributed by atoms with Crippen LogP contribution < -0.4 is 0 Å². The van der Waals surface area contributed by atoms with Crippen molar-refractivity contribution in [2.45, 2.75) is 65.8 Å². The van der Waals surface area contributed by atoms with E-state index in [1.54, 1.807) is 5.20 Å². The van der Waals surface area contributed by atoms with E-state index in [9.17, 15) is 5.11 Å². The molecule has 0 aliphatic heterocycles. The van der Waals surface area contributed by atoms with Crippen LogP contribution in [0, 0.1) is 12.3 Å². The molecule has 1 aromatic rings. The SMILES string of the molecule is CC1=C2C[C@H](O)C[C@]2(C)CC([Si](C)(C)C)=C1c1ccc(C)cc1. The Kier molecular flexibility index (Phi) is 3.97. The number of aliphatic hydroxyl groups is 1. The Morgan fingerprint density at radius 2 is 1.70 bits per heavy atom. The molecule has 0 spiro atoms. The van der Waals surface area contributed by atoms with Crippen LogP contribution in [0.2, 0.25) is 19.6 Å². The van der Waals surface area contributed by atoms with E-state index in [0.717, 1.165) is 19.3 Å². The maximum absolute atomic E-state index is 10.3. The van der Waals surface area contributed by atoms with Crippen molar-refractivity contribution in [1.82, 2.24) is 0 Å². The largest absolute Gasteiger partial charge is 0.393 e. The van der Waals surface area contributed by atoms with Gasteiger partial charge in [0.25, 0.3) is 0 Å². The smallest absolute Gasteiger partial charge is 0.0733 e. The minimum atomic E-state index is -1.42. The third-order valence-corrected chi connectivity index (χ3v) is 8.03. The average molecular weight is 327 g/mol. The van der Waals surface area contributed by atoms with Crippen molar-refractivity contribution in [3.05, 3.63) is 51.7 Å². The first-order valence-corrected chi connectivity index (χ1v) is 12.3.